The molecule has 20 atom stereocenters. The molecule has 8 aliphatic rings. The molecule has 8 heteroatoms. The summed E-state index contributed by atoms with van der Waals surface area (Å²) in [6, 6.07) is 0. The van der Waals surface area contributed by atoms with E-state index in [1.54, 1.807) is 13.8 Å². The third kappa shape index (κ3) is 8.76. The van der Waals surface area contributed by atoms with Gasteiger partial charge in [-0.1, -0.05) is 69.2 Å². The van der Waals surface area contributed by atoms with Gasteiger partial charge in [-0.25, -0.2) is 17.6 Å². The number of hydrogen-bond acceptors (Lipinski definition) is 4. The van der Waals surface area contributed by atoms with Crippen molar-refractivity contribution in [2.75, 3.05) is 13.7 Å². The van der Waals surface area contributed by atoms with Crippen molar-refractivity contribution in [2.45, 2.75) is 240 Å². The van der Waals surface area contributed by atoms with Gasteiger partial charge in [0.1, 0.15) is 0 Å². The second-order valence-electron chi connectivity index (χ2n) is 25.9. The average Bonchev–Trinajstić information content (AvgIpc) is 3.80. The molecule has 8 saturated carbocycles. The summed E-state index contributed by atoms with van der Waals surface area (Å²) in [6.07, 6.45) is 19.3. The minimum absolute atomic E-state index is 0.0200. The van der Waals surface area contributed by atoms with Crippen LogP contribution in [0.15, 0.2) is 0 Å². The SMILES string of the molecule is CCC(F)(F)C[C@@H](C)[C@H]1CC[C@H]2[C@@H]3CC[C@H]4C[C@](O)(CC)CC[C@]4(C)[C@H]3[C@@H](OC)C[C@]12C.CCC(F)(F)C[C@@H](C)[C@H]1CC[C@H]2[C@@H]3CC[C@H]4C[C@](O)(CC)[C@@H](CO)C[C@]4(C)[C@H]3CC[C@]12C. The van der Waals surface area contributed by atoms with Crippen molar-refractivity contribution in [1.29, 1.82) is 0 Å². The Morgan fingerprint density at radius 1 is 0.578 bits per heavy atom. The second-order valence-corrected chi connectivity index (χ2v) is 25.9. The molecule has 8 fully saturated rings. The summed E-state index contributed by atoms with van der Waals surface area (Å²) in [7, 11) is 1.88. The minimum Gasteiger partial charge on any atom is -0.396 e. The van der Waals surface area contributed by atoms with Crippen molar-refractivity contribution in [3.63, 3.8) is 0 Å². The van der Waals surface area contributed by atoms with Gasteiger partial charge < -0.3 is 20.1 Å². The molecule has 8 rings (SSSR count). The number of methoxy groups -OCH3 is 1. The highest BCUT2D eigenvalue weighted by atomic mass is 19.3. The van der Waals surface area contributed by atoms with E-state index in [-0.39, 0.29) is 77.8 Å². The van der Waals surface area contributed by atoms with Gasteiger partial charge in [0.25, 0.3) is 0 Å². The first-order chi connectivity index (χ1) is 29.9. The predicted octanol–water partition coefficient (Wildman–Crippen LogP) is 14.6. The first-order valence-electron chi connectivity index (χ1n) is 27.2. The monoisotopic (exact) mass is 909 g/mol. The molecule has 0 amide bonds. The fourth-order valence-corrected chi connectivity index (χ4v) is 19.6. The molecule has 8 aliphatic carbocycles. The van der Waals surface area contributed by atoms with E-state index < -0.39 is 23.0 Å². The highest BCUT2D eigenvalue weighted by Gasteiger charge is 2.66. The van der Waals surface area contributed by atoms with E-state index in [0.29, 0.717) is 59.2 Å². The van der Waals surface area contributed by atoms with Gasteiger partial charge in [-0.2, -0.15) is 0 Å². The topological polar surface area (TPSA) is 69.9 Å². The Labute approximate surface area is 388 Å². The summed E-state index contributed by atoms with van der Waals surface area (Å²) >= 11 is 0. The molecule has 4 nitrogen and oxygen atoms in total. The number of alkyl halides is 4. The van der Waals surface area contributed by atoms with E-state index in [1.165, 1.54) is 44.9 Å². The highest BCUT2D eigenvalue weighted by molar-refractivity contribution is 5.15. The Morgan fingerprint density at radius 3 is 1.64 bits per heavy atom. The van der Waals surface area contributed by atoms with Crippen LogP contribution in [0.2, 0.25) is 0 Å². The van der Waals surface area contributed by atoms with Crippen molar-refractivity contribution in [1.82, 2.24) is 0 Å². The molecule has 0 bridgehead atoms. The van der Waals surface area contributed by atoms with Crippen LogP contribution in [0, 0.1) is 98.6 Å². The van der Waals surface area contributed by atoms with Crippen LogP contribution < -0.4 is 0 Å². The molecule has 0 aromatic carbocycles. The molecule has 0 saturated heterocycles. The normalized spacial score (nSPS) is 49.8. The predicted molar refractivity (Wildman–Crippen MR) is 251 cm³/mol. The van der Waals surface area contributed by atoms with Crippen LogP contribution in [-0.4, -0.2) is 58.2 Å². The molecule has 372 valence electrons. The Hall–Kier alpha value is -0.440. The lowest BCUT2D eigenvalue weighted by molar-refractivity contribution is -0.200. The van der Waals surface area contributed by atoms with Crippen LogP contribution in [0.1, 0.15) is 210 Å². The number of fused-ring (bicyclic) bond motifs is 10. The number of aliphatic hydroxyl groups is 3. The molecule has 0 heterocycles. The molecule has 0 aromatic heterocycles. The standard InChI is InChI=1S/2C28H48F2O2/c1-7-27(31)14-13-25(4)19(16-27)9-10-20-22-12-11-21(18(3)15-28(29,30)8-2)26(22,5)17-23(32-6)24(20)25;1-6-27(32)16-19-8-9-21-23-11-10-22(18(3)14-28(29,30)7-2)25(23,4)13-12-24(21)26(19,5)15-20(27)17-31/h18-24,31H,7-17H2,1-6H3;18-24,31-32H,6-17H2,1-5H3/t18-,19+,20+,21-,22+,23+,24-,25+,26-,27+;18-,19+,20-,21+,22-,23+,24+,25-,26+,27-/m11/s1. The quantitative estimate of drug-likeness (QED) is 0.171. The van der Waals surface area contributed by atoms with Crippen LogP contribution >= 0.6 is 0 Å². The van der Waals surface area contributed by atoms with Crippen molar-refractivity contribution in [3.8, 4) is 0 Å². The number of aliphatic hydroxyl groups excluding tert-OH is 1. The highest BCUT2D eigenvalue weighted by Crippen LogP contribution is 2.71. The van der Waals surface area contributed by atoms with Gasteiger partial charge in [-0.15, -0.1) is 0 Å². The van der Waals surface area contributed by atoms with Crippen molar-refractivity contribution in [3.05, 3.63) is 0 Å². The summed E-state index contributed by atoms with van der Waals surface area (Å²) < 4.78 is 63.3. The number of hydrogen-bond donors (Lipinski definition) is 3. The van der Waals surface area contributed by atoms with Gasteiger partial charge in [-0.05, 0) is 208 Å². The first-order valence-corrected chi connectivity index (χ1v) is 27.2. The van der Waals surface area contributed by atoms with E-state index in [2.05, 4.69) is 55.4 Å². The van der Waals surface area contributed by atoms with Crippen LogP contribution in [0.5, 0.6) is 0 Å². The first kappa shape index (κ1) is 51.4. The maximum atomic E-state index is 14.3. The Morgan fingerprint density at radius 2 is 1.11 bits per heavy atom. The minimum atomic E-state index is -2.55. The van der Waals surface area contributed by atoms with Gasteiger partial charge in [-0.3, -0.25) is 0 Å². The molecule has 64 heavy (non-hydrogen) atoms. The summed E-state index contributed by atoms with van der Waals surface area (Å²) in [6.45, 7) is 21.5. The van der Waals surface area contributed by atoms with Gasteiger partial charge in [0.05, 0.1) is 17.3 Å². The van der Waals surface area contributed by atoms with Crippen molar-refractivity contribution >= 4 is 0 Å². The van der Waals surface area contributed by atoms with Gasteiger partial charge >= 0.3 is 0 Å². The largest absolute Gasteiger partial charge is 0.396 e. The van der Waals surface area contributed by atoms with E-state index in [9.17, 15) is 32.9 Å². The van der Waals surface area contributed by atoms with Crippen LogP contribution in [-0.2, 0) is 4.74 Å². The third-order valence-electron chi connectivity index (χ3n) is 23.4. The summed E-state index contributed by atoms with van der Waals surface area (Å²) in [4.78, 5) is 0. The third-order valence-corrected chi connectivity index (χ3v) is 23.4. The fraction of sp³-hybridized carbons (Fsp3) is 1.00. The van der Waals surface area contributed by atoms with E-state index in [1.807, 2.05) is 7.11 Å². The Bertz CT molecular complexity index is 1590. The van der Waals surface area contributed by atoms with Gasteiger partial charge in [0.2, 0.25) is 11.8 Å². The summed E-state index contributed by atoms with van der Waals surface area (Å²) in [5.74, 6) is 0.727. The zero-order valence-electron chi connectivity index (χ0n) is 42.6. The Balaban J connectivity index is 0.000000191. The maximum absolute atomic E-state index is 14.3. The Kier molecular flexibility index (Phi) is 14.8. The van der Waals surface area contributed by atoms with Crippen LogP contribution in [0.25, 0.3) is 0 Å². The number of rotatable bonds is 12. The van der Waals surface area contributed by atoms with E-state index in [0.717, 1.165) is 70.6 Å². The molecule has 0 spiro atoms. The molecule has 0 aliphatic heterocycles. The number of halogens is 4. The maximum Gasteiger partial charge on any atom is 0.248 e. The van der Waals surface area contributed by atoms with Crippen LogP contribution in [0.4, 0.5) is 17.6 Å². The molecule has 0 unspecified atom stereocenters. The fourth-order valence-electron chi connectivity index (χ4n) is 19.6. The lowest BCUT2D eigenvalue weighted by Gasteiger charge is -2.64. The van der Waals surface area contributed by atoms with Crippen molar-refractivity contribution < 1.29 is 37.6 Å². The van der Waals surface area contributed by atoms with Gasteiger partial charge in [0, 0.05) is 45.3 Å². The molecular weight excluding hydrogens is 813 g/mol. The molecule has 0 radical (unpaired) electrons. The molecule has 0 aromatic rings. The van der Waals surface area contributed by atoms with Crippen molar-refractivity contribution in [2.24, 2.45) is 98.6 Å². The summed E-state index contributed by atoms with van der Waals surface area (Å²) in [5, 5.41) is 32.5. The smallest absolute Gasteiger partial charge is 0.248 e. The second kappa shape index (κ2) is 18.4. The van der Waals surface area contributed by atoms with Gasteiger partial charge in [0.15, 0.2) is 0 Å². The lowest BCUT2D eigenvalue weighted by atomic mass is 9.42. The molecular formula is C56H96F4O4. The van der Waals surface area contributed by atoms with E-state index >= 15 is 0 Å². The van der Waals surface area contributed by atoms with E-state index in [4.69, 9.17) is 4.74 Å². The molecule has 3 N–H and O–H groups in total. The number of ether oxygens (including phenoxy) is 1. The summed E-state index contributed by atoms with van der Waals surface area (Å²) in [5.41, 5.74) is -0.479. The zero-order valence-corrected chi connectivity index (χ0v) is 42.6. The van der Waals surface area contributed by atoms with Crippen LogP contribution in [0.3, 0.4) is 0 Å². The lowest BCUT2D eigenvalue weighted by Crippen LogP contribution is -2.60. The average molecular weight is 909 g/mol. The zero-order chi connectivity index (χ0) is 47.1.